The van der Waals surface area contributed by atoms with Gasteiger partial charge in [0, 0.05) is 17.2 Å². The van der Waals surface area contributed by atoms with Crippen molar-refractivity contribution in [2.45, 2.75) is 6.92 Å². The van der Waals surface area contributed by atoms with E-state index in [4.69, 9.17) is 4.74 Å². The Morgan fingerprint density at radius 2 is 2.05 bits per heavy atom. The van der Waals surface area contributed by atoms with Gasteiger partial charge in [0.05, 0.1) is 4.92 Å². The van der Waals surface area contributed by atoms with Crippen molar-refractivity contribution in [1.82, 2.24) is 25.6 Å². The first-order valence-electron chi connectivity index (χ1n) is 6.26. The van der Waals surface area contributed by atoms with Gasteiger partial charge in [0.15, 0.2) is 0 Å². The number of tetrazole rings is 1. The molecule has 1 aromatic carbocycles. The minimum absolute atomic E-state index is 0.0418. The highest BCUT2D eigenvalue weighted by atomic mass is 16.6. The van der Waals surface area contributed by atoms with E-state index in [1.54, 1.807) is 31.2 Å². The number of nitrogens with one attached hydrogen (secondary N) is 1. The highest BCUT2D eigenvalue weighted by Gasteiger charge is 2.12. The van der Waals surface area contributed by atoms with Crippen LogP contribution in [0.5, 0.6) is 11.6 Å². The Morgan fingerprint density at radius 3 is 2.64 bits per heavy atom. The molecule has 3 aromatic rings. The van der Waals surface area contributed by atoms with Gasteiger partial charge < -0.3 is 4.74 Å². The van der Waals surface area contributed by atoms with E-state index < -0.39 is 4.92 Å². The van der Waals surface area contributed by atoms with Gasteiger partial charge in [0.25, 0.3) is 5.69 Å². The number of pyridine rings is 1. The van der Waals surface area contributed by atoms with E-state index >= 15 is 0 Å². The lowest BCUT2D eigenvalue weighted by molar-refractivity contribution is -0.385. The Morgan fingerprint density at radius 1 is 1.27 bits per heavy atom. The Bertz CT molecular complexity index is 801. The molecule has 0 aliphatic heterocycles. The van der Waals surface area contributed by atoms with E-state index in [1.807, 2.05) is 0 Å². The predicted molar refractivity (Wildman–Crippen MR) is 75.3 cm³/mol. The number of hydrogen-bond acceptors (Lipinski definition) is 7. The number of aryl methyl sites for hydroxylation is 1. The minimum Gasteiger partial charge on any atom is -0.439 e. The highest BCUT2D eigenvalue weighted by molar-refractivity contribution is 5.55. The van der Waals surface area contributed by atoms with Gasteiger partial charge in [-0.05, 0) is 36.4 Å². The first-order chi connectivity index (χ1) is 10.6. The van der Waals surface area contributed by atoms with Gasteiger partial charge in [-0.1, -0.05) is 0 Å². The van der Waals surface area contributed by atoms with Gasteiger partial charge in [0.1, 0.15) is 11.9 Å². The van der Waals surface area contributed by atoms with Crippen molar-refractivity contribution < 1.29 is 9.66 Å². The van der Waals surface area contributed by atoms with Crippen molar-refractivity contribution in [2.24, 2.45) is 0 Å². The Labute approximate surface area is 124 Å². The molecule has 0 atom stereocenters. The summed E-state index contributed by atoms with van der Waals surface area (Å²) in [5.41, 5.74) is 1.23. The minimum atomic E-state index is -0.480. The maximum atomic E-state index is 10.7. The average Bonchev–Trinajstić information content (AvgIpc) is 3.02. The van der Waals surface area contributed by atoms with Crippen LogP contribution in [0.4, 0.5) is 5.69 Å². The summed E-state index contributed by atoms with van der Waals surface area (Å²) in [5.74, 6) is 1.32. The molecule has 0 saturated heterocycles. The molecule has 2 heterocycles. The first kappa shape index (κ1) is 13.6. The lowest BCUT2D eigenvalue weighted by atomic mass is 10.2. The van der Waals surface area contributed by atoms with Crippen molar-refractivity contribution in [3.63, 3.8) is 0 Å². The van der Waals surface area contributed by atoms with Crippen LogP contribution in [-0.4, -0.2) is 30.5 Å². The zero-order valence-corrected chi connectivity index (χ0v) is 11.4. The van der Waals surface area contributed by atoms with Crippen LogP contribution < -0.4 is 4.74 Å². The number of H-pyrrole nitrogens is 1. The molecule has 0 aliphatic rings. The second kappa shape index (κ2) is 5.56. The SMILES string of the molecule is Cc1cc(Oc2ccc(-c3nn[nH]n3)cc2)ncc1[N+](=O)[O-]. The number of aromatic nitrogens is 5. The van der Waals surface area contributed by atoms with Crippen molar-refractivity contribution in [3.05, 3.63) is 52.2 Å². The number of aromatic amines is 1. The number of ether oxygens (including phenoxy) is 1. The van der Waals surface area contributed by atoms with Gasteiger partial charge in [-0.2, -0.15) is 5.21 Å². The summed E-state index contributed by atoms with van der Waals surface area (Å²) >= 11 is 0. The molecule has 9 heteroatoms. The van der Waals surface area contributed by atoms with Crippen LogP contribution in [0.3, 0.4) is 0 Å². The van der Waals surface area contributed by atoms with Gasteiger partial charge in [-0.15, -0.1) is 10.2 Å². The van der Waals surface area contributed by atoms with Crippen LogP contribution >= 0.6 is 0 Å². The van der Waals surface area contributed by atoms with Crippen molar-refractivity contribution in [2.75, 3.05) is 0 Å². The monoisotopic (exact) mass is 298 g/mol. The summed E-state index contributed by atoms with van der Waals surface area (Å²) in [6.45, 7) is 1.63. The van der Waals surface area contributed by atoms with E-state index in [-0.39, 0.29) is 11.6 Å². The van der Waals surface area contributed by atoms with Crippen LogP contribution in [0.25, 0.3) is 11.4 Å². The van der Waals surface area contributed by atoms with Crippen LogP contribution in [-0.2, 0) is 0 Å². The molecule has 0 unspecified atom stereocenters. The number of hydrogen-bond donors (Lipinski definition) is 1. The number of benzene rings is 1. The molecule has 3 rings (SSSR count). The summed E-state index contributed by atoms with van der Waals surface area (Å²) in [6.07, 6.45) is 1.18. The van der Waals surface area contributed by atoms with Gasteiger partial charge in [-0.3, -0.25) is 10.1 Å². The predicted octanol–water partition coefficient (Wildman–Crippen LogP) is 2.27. The molecule has 2 aromatic heterocycles. The quantitative estimate of drug-likeness (QED) is 0.579. The van der Waals surface area contributed by atoms with Crippen molar-refractivity contribution in [1.29, 1.82) is 0 Å². The maximum Gasteiger partial charge on any atom is 0.290 e. The smallest absolute Gasteiger partial charge is 0.290 e. The summed E-state index contributed by atoms with van der Waals surface area (Å²) in [7, 11) is 0. The zero-order valence-electron chi connectivity index (χ0n) is 11.4. The fourth-order valence-corrected chi connectivity index (χ4v) is 1.85. The highest BCUT2D eigenvalue weighted by Crippen LogP contribution is 2.25. The molecule has 0 aliphatic carbocycles. The third-order valence-electron chi connectivity index (χ3n) is 2.94. The topological polar surface area (TPSA) is 120 Å². The molecule has 0 fully saturated rings. The lowest BCUT2D eigenvalue weighted by Gasteiger charge is -2.06. The van der Waals surface area contributed by atoms with E-state index in [1.165, 1.54) is 12.3 Å². The molecular weight excluding hydrogens is 288 g/mol. The average molecular weight is 298 g/mol. The Kier molecular flexibility index (Phi) is 3.44. The summed E-state index contributed by atoms with van der Waals surface area (Å²) in [6, 6.07) is 8.52. The third kappa shape index (κ3) is 2.73. The zero-order chi connectivity index (χ0) is 15.5. The molecule has 0 radical (unpaired) electrons. The summed E-state index contributed by atoms with van der Waals surface area (Å²) in [5, 5.41) is 24.4. The van der Waals surface area contributed by atoms with E-state index in [2.05, 4.69) is 25.6 Å². The first-order valence-corrected chi connectivity index (χ1v) is 6.26. The molecule has 0 spiro atoms. The molecule has 9 nitrogen and oxygen atoms in total. The van der Waals surface area contributed by atoms with Gasteiger partial charge in [-0.25, -0.2) is 4.98 Å². The van der Waals surface area contributed by atoms with E-state index in [0.717, 1.165) is 5.56 Å². The fraction of sp³-hybridized carbons (Fsp3) is 0.0769. The molecule has 1 N–H and O–H groups in total. The van der Waals surface area contributed by atoms with E-state index in [0.29, 0.717) is 17.1 Å². The normalized spacial score (nSPS) is 10.4. The molecule has 0 saturated carbocycles. The number of nitro groups is 1. The fourth-order valence-electron chi connectivity index (χ4n) is 1.85. The Hall–Kier alpha value is -3.36. The maximum absolute atomic E-state index is 10.7. The largest absolute Gasteiger partial charge is 0.439 e. The molecule has 0 bridgehead atoms. The number of nitrogens with zero attached hydrogens (tertiary/aromatic N) is 5. The molecule has 22 heavy (non-hydrogen) atoms. The third-order valence-corrected chi connectivity index (χ3v) is 2.94. The molecular formula is C13H10N6O3. The van der Waals surface area contributed by atoms with Crippen molar-refractivity contribution >= 4 is 5.69 Å². The summed E-state index contributed by atoms with van der Waals surface area (Å²) < 4.78 is 5.57. The van der Waals surface area contributed by atoms with Crippen LogP contribution in [0.1, 0.15) is 5.56 Å². The second-order valence-corrected chi connectivity index (χ2v) is 4.43. The van der Waals surface area contributed by atoms with Crippen molar-refractivity contribution in [3.8, 4) is 23.0 Å². The number of rotatable bonds is 4. The van der Waals surface area contributed by atoms with Crippen LogP contribution in [0.15, 0.2) is 36.5 Å². The standard InChI is InChI=1S/C13H10N6O3/c1-8-6-12(14-7-11(8)19(20)21)22-10-4-2-9(3-5-10)13-15-17-18-16-13/h2-7H,1H3,(H,15,16,17,18). The molecule has 0 amide bonds. The van der Waals surface area contributed by atoms with Gasteiger partial charge >= 0.3 is 0 Å². The molecule has 110 valence electrons. The second-order valence-electron chi connectivity index (χ2n) is 4.43. The van der Waals surface area contributed by atoms with Crippen LogP contribution in [0, 0.1) is 17.0 Å². The summed E-state index contributed by atoms with van der Waals surface area (Å²) in [4.78, 5) is 14.2. The lowest BCUT2D eigenvalue weighted by Crippen LogP contribution is -1.95. The Balaban J connectivity index is 1.79. The van der Waals surface area contributed by atoms with E-state index in [9.17, 15) is 10.1 Å². The van der Waals surface area contributed by atoms with Crippen LogP contribution in [0.2, 0.25) is 0 Å². The van der Waals surface area contributed by atoms with Gasteiger partial charge in [0.2, 0.25) is 11.7 Å².